The van der Waals surface area contributed by atoms with Crippen molar-refractivity contribution < 1.29 is 0 Å². The Labute approximate surface area is 76.0 Å². The molecule has 0 aliphatic rings. The monoisotopic (exact) mass is 194 g/mol. The van der Waals surface area contributed by atoms with Gasteiger partial charge in [-0.25, -0.2) is 0 Å². The molecule has 6 N–H and O–H groups in total. The van der Waals surface area contributed by atoms with E-state index in [0.717, 1.165) is 0 Å². The van der Waals surface area contributed by atoms with Gasteiger partial charge in [0.25, 0.3) is 0 Å². The van der Waals surface area contributed by atoms with E-state index in [9.17, 15) is 9.59 Å². The van der Waals surface area contributed by atoms with E-state index in [-0.39, 0.29) is 22.9 Å². The molecule has 0 spiro atoms. The predicted octanol–water partition coefficient (Wildman–Crippen LogP) is -1.83. The second kappa shape index (κ2) is 2.55. The third-order valence-electron chi connectivity index (χ3n) is 1.63. The summed E-state index contributed by atoms with van der Waals surface area (Å²) >= 11 is 0. The number of nitrogens with two attached hydrogens (primary N) is 2. The summed E-state index contributed by atoms with van der Waals surface area (Å²) in [4.78, 5) is 33.6. The molecule has 8 heteroatoms. The lowest BCUT2D eigenvalue weighted by atomic mass is 10.5. The number of hydrogen-bond donors (Lipinski definition) is 4. The predicted molar refractivity (Wildman–Crippen MR) is 49.6 cm³/mol. The molecule has 0 aromatic carbocycles. The third kappa shape index (κ3) is 1.09. The first-order valence-corrected chi connectivity index (χ1v) is 3.63. The second-order valence-electron chi connectivity index (χ2n) is 2.60. The summed E-state index contributed by atoms with van der Waals surface area (Å²) in [5, 5.41) is 0. The lowest BCUT2D eigenvalue weighted by molar-refractivity contribution is 1.09. The first-order valence-electron chi connectivity index (χ1n) is 3.63. The maximum atomic E-state index is 10.9. The summed E-state index contributed by atoms with van der Waals surface area (Å²) < 4.78 is 0. The van der Waals surface area contributed by atoms with Crippen LogP contribution in [0.25, 0.3) is 11.2 Å². The minimum Gasteiger partial charge on any atom is -0.382 e. The van der Waals surface area contributed by atoms with E-state index in [0.29, 0.717) is 0 Å². The second-order valence-corrected chi connectivity index (χ2v) is 2.60. The summed E-state index contributed by atoms with van der Waals surface area (Å²) in [6.07, 6.45) is 0. The van der Waals surface area contributed by atoms with Crippen molar-refractivity contribution in [2.75, 3.05) is 11.5 Å². The van der Waals surface area contributed by atoms with Crippen LogP contribution < -0.4 is 22.6 Å². The molecule has 0 fully saturated rings. The molecule has 0 unspecified atom stereocenters. The van der Waals surface area contributed by atoms with E-state index in [4.69, 9.17) is 11.5 Å². The van der Waals surface area contributed by atoms with E-state index in [1.165, 1.54) is 0 Å². The highest BCUT2D eigenvalue weighted by molar-refractivity contribution is 5.81. The first kappa shape index (κ1) is 8.23. The van der Waals surface area contributed by atoms with E-state index >= 15 is 0 Å². The Bertz CT molecular complexity index is 612. The molecule has 0 bridgehead atoms. The Kier molecular flexibility index (Phi) is 1.50. The highest BCUT2D eigenvalue weighted by atomic mass is 16.2. The van der Waals surface area contributed by atoms with Crippen molar-refractivity contribution in [1.29, 1.82) is 0 Å². The summed E-state index contributed by atoms with van der Waals surface area (Å²) in [6.45, 7) is 0. The number of anilines is 2. The Balaban J connectivity index is 3.03. The normalized spacial score (nSPS) is 10.6. The highest BCUT2D eigenvalue weighted by Crippen LogP contribution is 2.10. The van der Waals surface area contributed by atoms with Crippen molar-refractivity contribution in [3.05, 3.63) is 20.7 Å². The number of nitrogens with zero attached hydrogens (tertiary/aromatic N) is 2. The van der Waals surface area contributed by atoms with Crippen LogP contribution in [0.5, 0.6) is 0 Å². The zero-order valence-electron chi connectivity index (χ0n) is 6.87. The van der Waals surface area contributed by atoms with Crippen molar-refractivity contribution in [2.45, 2.75) is 0 Å². The smallest absolute Gasteiger partial charge is 0.315 e. The molecular weight excluding hydrogens is 188 g/mol. The van der Waals surface area contributed by atoms with Crippen molar-refractivity contribution in [1.82, 2.24) is 19.9 Å². The molecule has 14 heavy (non-hydrogen) atoms. The molecular formula is C6H6N6O2. The molecule has 0 atom stereocenters. The summed E-state index contributed by atoms with van der Waals surface area (Å²) in [6, 6.07) is 0. The van der Waals surface area contributed by atoms with Crippen LogP contribution in [0.2, 0.25) is 0 Å². The van der Waals surface area contributed by atoms with Crippen LogP contribution in [0.1, 0.15) is 0 Å². The number of aromatic nitrogens is 4. The number of H-pyrrole nitrogens is 2. The largest absolute Gasteiger partial charge is 0.382 e. The van der Waals surface area contributed by atoms with Gasteiger partial charge < -0.3 is 21.4 Å². The Morgan fingerprint density at radius 1 is 1.00 bits per heavy atom. The molecule has 0 aliphatic carbocycles. The maximum Gasteiger partial charge on any atom is 0.315 e. The fourth-order valence-electron chi connectivity index (χ4n) is 1.04. The summed E-state index contributed by atoms with van der Waals surface area (Å²) in [7, 11) is 0. The van der Waals surface area contributed by atoms with Gasteiger partial charge in [0.15, 0.2) is 11.5 Å². The molecule has 2 aromatic heterocycles. The fourth-order valence-corrected chi connectivity index (χ4v) is 1.04. The first-order chi connectivity index (χ1) is 6.58. The van der Waals surface area contributed by atoms with Gasteiger partial charge >= 0.3 is 11.1 Å². The van der Waals surface area contributed by atoms with Gasteiger partial charge in [0.05, 0.1) is 0 Å². The van der Waals surface area contributed by atoms with Gasteiger partial charge in [-0.1, -0.05) is 0 Å². The van der Waals surface area contributed by atoms with Crippen LogP contribution in [0.3, 0.4) is 0 Å². The number of nitrogen functional groups attached to an aromatic ring is 2. The number of hydrogen-bond acceptors (Lipinski definition) is 6. The highest BCUT2D eigenvalue weighted by Gasteiger charge is 2.05. The molecule has 0 saturated carbocycles. The zero-order chi connectivity index (χ0) is 10.3. The third-order valence-corrected chi connectivity index (χ3v) is 1.63. The average molecular weight is 194 g/mol. The van der Waals surface area contributed by atoms with Crippen molar-refractivity contribution >= 4 is 22.9 Å². The minimum atomic E-state index is -0.810. The minimum absolute atomic E-state index is 0.0147. The molecule has 8 nitrogen and oxygen atoms in total. The molecule has 2 heterocycles. The lowest BCUT2D eigenvalue weighted by Gasteiger charge is -1.99. The number of rotatable bonds is 0. The number of aromatic amines is 2. The molecule has 0 saturated heterocycles. The standard InChI is InChI=1S/C6H6N6O2/c7-2-1-3(12-6(8)10-2)11-5(14)4(13)9-1/h(H,9,13)(H5,7,8,10,11,12,14). The lowest BCUT2D eigenvalue weighted by Crippen LogP contribution is -2.29. The van der Waals surface area contributed by atoms with Crippen LogP contribution in [0.15, 0.2) is 9.59 Å². The van der Waals surface area contributed by atoms with Crippen molar-refractivity contribution in [3.8, 4) is 0 Å². The zero-order valence-corrected chi connectivity index (χ0v) is 6.87. The number of fused-ring (bicyclic) bond motifs is 1. The van der Waals surface area contributed by atoms with Crippen LogP contribution in [-0.2, 0) is 0 Å². The van der Waals surface area contributed by atoms with Gasteiger partial charge in [-0.3, -0.25) is 9.59 Å². The quantitative estimate of drug-likeness (QED) is 0.363. The SMILES string of the molecule is Nc1nc(N)c2[nH]c(=O)c(=O)[nH]c2n1. The van der Waals surface area contributed by atoms with Gasteiger partial charge in [0.1, 0.15) is 5.52 Å². The molecule has 0 aliphatic heterocycles. The van der Waals surface area contributed by atoms with Crippen LogP contribution >= 0.6 is 0 Å². The molecule has 72 valence electrons. The van der Waals surface area contributed by atoms with E-state index in [2.05, 4.69) is 19.9 Å². The van der Waals surface area contributed by atoms with E-state index in [1.54, 1.807) is 0 Å². The van der Waals surface area contributed by atoms with Crippen LogP contribution in [0, 0.1) is 0 Å². The number of nitrogens with one attached hydrogen (secondary N) is 2. The van der Waals surface area contributed by atoms with Crippen molar-refractivity contribution in [3.63, 3.8) is 0 Å². The van der Waals surface area contributed by atoms with E-state index in [1.807, 2.05) is 0 Å². The van der Waals surface area contributed by atoms with Gasteiger partial charge in [0, 0.05) is 0 Å². The Morgan fingerprint density at radius 3 is 2.36 bits per heavy atom. The van der Waals surface area contributed by atoms with E-state index < -0.39 is 11.1 Å². The Morgan fingerprint density at radius 2 is 1.64 bits per heavy atom. The van der Waals surface area contributed by atoms with Gasteiger partial charge in [-0.05, 0) is 0 Å². The molecule has 2 rings (SSSR count). The molecule has 0 radical (unpaired) electrons. The average Bonchev–Trinajstić information content (AvgIpc) is 2.08. The summed E-state index contributed by atoms with van der Waals surface area (Å²) in [5.41, 5.74) is 9.41. The molecule has 0 amide bonds. The van der Waals surface area contributed by atoms with Gasteiger partial charge in [-0.15, -0.1) is 0 Å². The van der Waals surface area contributed by atoms with Gasteiger partial charge in [-0.2, -0.15) is 9.97 Å². The van der Waals surface area contributed by atoms with Crippen LogP contribution in [0.4, 0.5) is 11.8 Å². The maximum absolute atomic E-state index is 10.9. The molecule has 2 aromatic rings. The van der Waals surface area contributed by atoms with Crippen LogP contribution in [-0.4, -0.2) is 19.9 Å². The topological polar surface area (TPSA) is 144 Å². The summed E-state index contributed by atoms with van der Waals surface area (Å²) in [5.74, 6) is -0.0569. The van der Waals surface area contributed by atoms with Crippen molar-refractivity contribution in [2.24, 2.45) is 0 Å². The van der Waals surface area contributed by atoms with Gasteiger partial charge in [0.2, 0.25) is 5.95 Å². The fraction of sp³-hybridized carbons (Fsp3) is 0. The Hall–Kier alpha value is -2.38.